The maximum absolute atomic E-state index is 10.2. The first-order valence-electron chi connectivity index (χ1n) is 3.92. The van der Waals surface area contributed by atoms with E-state index in [0.29, 0.717) is 5.69 Å². The van der Waals surface area contributed by atoms with Gasteiger partial charge in [-0.05, 0) is 12.1 Å². The van der Waals surface area contributed by atoms with Crippen LogP contribution < -0.4 is 51.4 Å². The largest absolute Gasteiger partial charge is 1.00 e. The van der Waals surface area contributed by atoms with Crippen LogP contribution in [-0.4, -0.2) is 36.5 Å². The van der Waals surface area contributed by atoms with Crippen molar-refractivity contribution in [3.8, 4) is 0 Å². The van der Waals surface area contributed by atoms with Crippen LogP contribution in [0.2, 0.25) is 0 Å². The third-order valence-corrected chi connectivity index (χ3v) is 2.06. The number of pyridine rings is 1. The number of rotatable bonds is 4. The van der Waals surface area contributed by atoms with E-state index in [-0.39, 0.29) is 57.9 Å². The van der Waals surface area contributed by atoms with Crippen LogP contribution in [0, 0.1) is 0 Å². The topological polar surface area (TPSA) is 82.5 Å². The molecule has 0 aliphatic rings. The zero-order chi connectivity index (χ0) is 10.4. The molecule has 0 fully saturated rings. The van der Waals surface area contributed by atoms with Gasteiger partial charge < -0.3 is 4.55 Å². The van der Waals surface area contributed by atoms with Crippen LogP contribution >= 0.6 is 0 Å². The van der Waals surface area contributed by atoms with Crippen molar-refractivity contribution in [2.24, 2.45) is 4.99 Å². The predicted molar refractivity (Wildman–Crippen MR) is 51.3 cm³/mol. The van der Waals surface area contributed by atoms with E-state index in [9.17, 15) is 13.0 Å². The molecule has 0 bridgehead atoms. The van der Waals surface area contributed by atoms with Crippen molar-refractivity contribution in [3.63, 3.8) is 0 Å². The molecule has 0 saturated carbocycles. The molecule has 0 amide bonds. The van der Waals surface area contributed by atoms with Crippen LogP contribution in [0.5, 0.6) is 0 Å². The van der Waals surface area contributed by atoms with Gasteiger partial charge in [-0.3, -0.25) is 9.98 Å². The average Bonchev–Trinajstić information content (AvgIpc) is 2.13. The van der Waals surface area contributed by atoms with Crippen LogP contribution in [0.25, 0.3) is 0 Å². The Morgan fingerprint density at radius 3 is 2.73 bits per heavy atom. The summed E-state index contributed by atoms with van der Waals surface area (Å²) in [5.74, 6) is -0.476. The fourth-order valence-corrected chi connectivity index (χ4v) is 1.10. The van der Waals surface area contributed by atoms with Gasteiger partial charge in [0.1, 0.15) is 0 Å². The van der Waals surface area contributed by atoms with Gasteiger partial charge in [0.2, 0.25) is 0 Å². The zero-order valence-corrected chi connectivity index (χ0v) is 12.3. The molecule has 5 nitrogen and oxygen atoms in total. The number of aromatic nitrogens is 1. The molecule has 0 aromatic carbocycles. The van der Waals surface area contributed by atoms with Gasteiger partial charge in [0.15, 0.2) is 0 Å². The van der Waals surface area contributed by atoms with Crippen molar-refractivity contribution >= 4 is 16.3 Å². The molecule has 0 saturated heterocycles. The molecule has 7 heteroatoms. The molecule has 0 aliphatic heterocycles. The average molecular weight is 252 g/mol. The van der Waals surface area contributed by atoms with E-state index in [1.54, 1.807) is 24.4 Å². The van der Waals surface area contributed by atoms with E-state index in [1.165, 1.54) is 6.21 Å². The quantitative estimate of drug-likeness (QED) is 0.326. The van der Waals surface area contributed by atoms with Crippen LogP contribution in [0.1, 0.15) is 5.69 Å². The molecule has 1 aromatic rings. The summed E-state index contributed by atoms with van der Waals surface area (Å²) in [7, 11) is -4.16. The Labute approximate surface area is 131 Å². The zero-order valence-electron chi connectivity index (χ0n) is 8.33. The Morgan fingerprint density at radius 1 is 1.47 bits per heavy atom. The maximum atomic E-state index is 10.2. The number of nitrogens with zero attached hydrogens (tertiary/aromatic N) is 2. The molecular formula is C8H9KN2O3S. The fourth-order valence-electron chi connectivity index (χ4n) is 0.775. The van der Waals surface area contributed by atoms with Crippen molar-refractivity contribution in [1.82, 2.24) is 4.98 Å². The monoisotopic (exact) mass is 252 g/mol. The summed E-state index contributed by atoms with van der Waals surface area (Å²) >= 11 is 0. The second-order valence-electron chi connectivity index (χ2n) is 2.55. The first kappa shape index (κ1) is 15.4. The van der Waals surface area contributed by atoms with E-state index < -0.39 is 15.9 Å². The molecule has 0 spiro atoms. The van der Waals surface area contributed by atoms with Gasteiger partial charge in [-0.25, -0.2) is 8.42 Å². The summed E-state index contributed by atoms with van der Waals surface area (Å²) in [6, 6.07) is 5.29. The van der Waals surface area contributed by atoms with E-state index >= 15 is 0 Å². The molecule has 1 heterocycles. The number of aliphatic imine (C=N–C) groups is 1. The van der Waals surface area contributed by atoms with Crippen LogP contribution in [0.3, 0.4) is 0 Å². The normalized spacial score (nSPS) is 11.3. The minimum atomic E-state index is -4.16. The Hall–Kier alpha value is 0.366. The van der Waals surface area contributed by atoms with Crippen molar-refractivity contribution in [3.05, 3.63) is 30.1 Å². The van der Waals surface area contributed by atoms with Crippen molar-refractivity contribution < 1.29 is 64.4 Å². The van der Waals surface area contributed by atoms with Crippen LogP contribution in [-0.2, 0) is 10.1 Å². The molecule has 0 atom stereocenters. The Bertz CT molecular complexity index is 405. The molecule has 0 radical (unpaired) electrons. The molecule has 0 unspecified atom stereocenters. The predicted octanol–water partition coefficient (Wildman–Crippen LogP) is -2.95. The fraction of sp³-hybridized carbons (Fsp3) is 0.250. The van der Waals surface area contributed by atoms with Gasteiger partial charge in [0, 0.05) is 12.4 Å². The summed E-state index contributed by atoms with van der Waals surface area (Å²) in [5, 5.41) is 0. The molecule has 1 aromatic heterocycles. The first-order chi connectivity index (χ1) is 6.58. The van der Waals surface area contributed by atoms with E-state index in [2.05, 4.69) is 9.98 Å². The Morgan fingerprint density at radius 2 is 2.20 bits per heavy atom. The summed E-state index contributed by atoms with van der Waals surface area (Å²) in [4.78, 5) is 7.70. The smallest absolute Gasteiger partial charge is 0.748 e. The van der Waals surface area contributed by atoms with Crippen molar-refractivity contribution in [2.75, 3.05) is 12.3 Å². The van der Waals surface area contributed by atoms with Gasteiger partial charge in [0.25, 0.3) is 0 Å². The van der Waals surface area contributed by atoms with Gasteiger partial charge in [0.05, 0.1) is 28.1 Å². The van der Waals surface area contributed by atoms with E-state index in [4.69, 9.17) is 0 Å². The summed E-state index contributed by atoms with van der Waals surface area (Å²) in [6.07, 6.45) is 3.04. The second kappa shape index (κ2) is 7.61. The van der Waals surface area contributed by atoms with Gasteiger partial charge in [-0.15, -0.1) is 0 Å². The Kier molecular flexibility index (Phi) is 7.79. The minimum Gasteiger partial charge on any atom is -0.748 e. The third-order valence-electron chi connectivity index (χ3n) is 1.38. The third kappa shape index (κ3) is 8.20. The first-order valence-corrected chi connectivity index (χ1v) is 5.50. The molecule has 0 N–H and O–H groups in total. The number of hydrogen-bond donors (Lipinski definition) is 0. The summed E-state index contributed by atoms with van der Waals surface area (Å²) < 4.78 is 30.6. The van der Waals surface area contributed by atoms with Gasteiger partial charge in [-0.2, -0.15) is 0 Å². The van der Waals surface area contributed by atoms with Crippen molar-refractivity contribution in [1.29, 1.82) is 0 Å². The summed E-state index contributed by atoms with van der Waals surface area (Å²) in [6.45, 7) is -0.0254. The Balaban J connectivity index is 0.00000196. The van der Waals surface area contributed by atoms with Gasteiger partial charge in [-0.1, -0.05) is 6.07 Å². The summed E-state index contributed by atoms with van der Waals surface area (Å²) in [5.41, 5.74) is 0.635. The SMILES string of the molecule is O=S(=O)([O-])CCN=Cc1ccccn1.[K+]. The molecule has 1 rings (SSSR count). The van der Waals surface area contributed by atoms with Crippen LogP contribution in [0.4, 0.5) is 0 Å². The van der Waals surface area contributed by atoms with E-state index in [0.717, 1.165) is 0 Å². The molecule has 15 heavy (non-hydrogen) atoms. The molecule has 0 aliphatic carbocycles. The maximum Gasteiger partial charge on any atom is 1.00 e. The molecule has 76 valence electrons. The standard InChI is InChI=1S/C8H10N2O3S.K/c11-14(12,13)6-5-9-7-8-3-1-2-4-10-8;/h1-4,7H,5-6H2,(H,11,12,13);/q;+1/p-1. The minimum absolute atomic E-state index is 0. The van der Waals surface area contributed by atoms with Gasteiger partial charge >= 0.3 is 51.4 Å². The number of hydrogen-bond acceptors (Lipinski definition) is 5. The molecular weight excluding hydrogens is 243 g/mol. The van der Waals surface area contributed by atoms with Crippen LogP contribution in [0.15, 0.2) is 29.4 Å². The second-order valence-corrected chi connectivity index (χ2v) is 4.08. The van der Waals surface area contributed by atoms with E-state index in [1.807, 2.05) is 0 Å². The van der Waals surface area contributed by atoms with Crippen molar-refractivity contribution in [2.45, 2.75) is 0 Å².